The molecule has 6 nitrogen and oxygen atoms in total. The van der Waals surface area contributed by atoms with Crippen molar-refractivity contribution in [3.63, 3.8) is 0 Å². The fourth-order valence-corrected chi connectivity index (χ4v) is 3.84. The van der Waals surface area contributed by atoms with E-state index in [9.17, 15) is 13.6 Å². The number of likely N-dealkylation sites (tertiary alicyclic amines) is 1. The molecule has 1 saturated carbocycles. The van der Waals surface area contributed by atoms with Crippen LogP contribution in [0.25, 0.3) is 6.08 Å². The van der Waals surface area contributed by atoms with Gasteiger partial charge in [-0.1, -0.05) is 36.9 Å². The Hall–Kier alpha value is -3.03. The molecule has 1 N–H and O–H groups in total. The Morgan fingerprint density at radius 1 is 1.31 bits per heavy atom. The topological polar surface area (TPSA) is 67.3 Å². The molecule has 2 aromatic rings. The summed E-state index contributed by atoms with van der Waals surface area (Å²) in [7, 11) is 0. The Bertz CT molecular complexity index is 891. The van der Waals surface area contributed by atoms with Crippen LogP contribution in [0.5, 0.6) is 0 Å². The van der Waals surface area contributed by atoms with Gasteiger partial charge in [-0.2, -0.15) is 0 Å². The first-order valence-corrected chi connectivity index (χ1v) is 9.48. The number of amides is 1. The van der Waals surface area contributed by atoms with Crippen molar-refractivity contribution >= 4 is 18.1 Å². The van der Waals surface area contributed by atoms with Gasteiger partial charge in [-0.05, 0) is 30.0 Å². The summed E-state index contributed by atoms with van der Waals surface area (Å²) in [5.74, 6) is -2.67. The summed E-state index contributed by atoms with van der Waals surface area (Å²) in [4.78, 5) is 21.5. The lowest BCUT2D eigenvalue weighted by atomic mass is 9.88. The number of hydrogen-bond acceptors (Lipinski definition) is 5. The van der Waals surface area contributed by atoms with Gasteiger partial charge < -0.3 is 15.0 Å². The summed E-state index contributed by atoms with van der Waals surface area (Å²) in [6, 6.07) is 8.60. The predicted molar refractivity (Wildman–Crippen MR) is 104 cm³/mol. The van der Waals surface area contributed by atoms with Gasteiger partial charge in [0.05, 0.1) is 12.0 Å². The van der Waals surface area contributed by atoms with Crippen LogP contribution in [0.15, 0.2) is 49.3 Å². The van der Waals surface area contributed by atoms with E-state index in [4.69, 9.17) is 4.74 Å². The van der Waals surface area contributed by atoms with E-state index >= 15 is 0 Å². The molecule has 0 bridgehead atoms. The summed E-state index contributed by atoms with van der Waals surface area (Å²) in [5, 5.41) is 2.99. The van der Waals surface area contributed by atoms with E-state index in [-0.39, 0.29) is 19.6 Å². The second-order valence-electron chi connectivity index (χ2n) is 7.51. The predicted octanol–water partition coefficient (Wildman–Crippen LogP) is 3.97. The first-order valence-electron chi connectivity index (χ1n) is 9.48. The van der Waals surface area contributed by atoms with E-state index in [0.29, 0.717) is 12.4 Å². The molecule has 29 heavy (non-hydrogen) atoms. The van der Waals surface area contributed by atoms with Gasteiger partial charge in [0.1, 0.15) is 6.61 Å². The molecule has 4 rings (SSSR count). The first kappa shape index (κ1) is 19.3. The zero-order chi connectivity index (χ0) is 20.5. The van der Waals surface area contributed by atoms with Crippen LogP contribution in [0.4, 0.5) is 19.5 Å². The van der Waals surface area contributed by atoms with Gasteiger partial charge in [-0.3, -0.25) is 0 Å². The van der Waals surface area contributed by atoms with Crippen LogP contribution in [-0.4, -0.2) is 46.0 Å². The lowest BCUT2D eigenvalue weighted by Crippen LogP contribution is -2.53. The average molecular weight is 400 g/mol. The Morgan fingerprint density at radius 2 is 2.03 bits per heavy atom. The van der Waals surface area contributed by atoms with Crippen molar-refractivity contribution < 1.29 is 18.3 Å². The van der Waals surface area contributed by atoms with Crippen LogP contribution in [-0.2, 0) is 11.3 Å². The molecule has 0 radical (unpaired) electrons. The fraction of sp³-hybridized carbons (Fsp3) is 0.381. The molecule has 1 saturated heterocycles. The number of anilines is 1. The molecule has 2 unspecified atom stereocenters. The standard InChI is InChI=1S/C21H22F2N4O2/c1-2-15-4-6-16(7-5-15)13-29-19(28)27-11-8-20(21(22,23)14-27)12-17(20)26-18-24-9-3-10-25-18/h2-7,9-10,17H,1,8,11-14H2,(H,24,25,26). The summed E-state index contributed by atoms with van der Waals surface area (Å²) >= 11 is 0. The van der Waals surface area contributed by atoms with Crippen LogP contribution in [0.1, 0.15) is 24.0 Å². The highest BCUT2D eigenvalue weighted by Gasteiger charge is 2.71. The molecule has 1 aliphatic heterocycles. The van der Waals surface area contributed by atoms with Crippen molar-refractivity contribution in [1.82, 2.24) is 14.9 Å². The third kappa shape index (κ3) is 3.79. The number of nitrogens with one attached hydrogen (secondary N) is 1. The van der Waals surface area contributed by atoms with E-state index in [1.165, 1.54) is 0 Å². The highest BCUT2D eigenvalue weighted by molar-refractivity contribution is 5.68. The summed E-state index contributed by atoms with van der Waals surface area (Å²) < 4.78 is 35.1. The van der Waals surface area contributed by atoms with E-state index in [1.807, 2.05) is 24.3 Å². The molecule has 2 atom stereocenters. The molecule has 1 aromatic heterocycles. The number of alkyl halides is 2. The van der Waals surface area contributed by atoms with Crippen molar-refractivity contribution in [2.45, 2.75) is 31.4 Å². The lowest BCUT2D eigenvalue weighted by molar-refractivity contribution is -0.121. The number of nitrogens with zero attached hydrogens (tertiary/aromatic N) is 3. The Morgan fingerprint density at radius 3 is 2.69 bits per heavy atom. The van der Waals surface area contributed by atoms with Crippen LogP contribution in [0.2, 0.25) is 0 Å². The third-order valence-electron chi connectivity index (χ3n) is 5.73. The van der Waals surface area contributed by atoms with E-state index in [2.05, 4.69) is 21.9 Å². The van der Waals surface area contributed by atoms with Gasteiger partial charge in [0, 0.05) is 25.0 Å². The van der Waals surface area contributed by atoms with Gasteiger partial charge >= 0.3 is 6.09 Å². The lowest BCUT2D eigenvalue weighted by Gasteiger charge is -2.38. The maximum Gasteiger partial charge on any atom is 0.410 e. The number of ether oxygens (including phenoxy) is 1. The largest absolute Gasteiger partial charge is 0.445 e. The summed E-state index contributed by atoms with van der Waals surface area (Å²) in [6.07, 6.45) is 4.65. The molecule has 2 aliphatic rings. The molecule has 1 amide bonds. The maximum atomic E-state index is 14.9. The molecule has 2 heterocycles. The number of rotatable bonds is 5. The number of benzene rings is 1. The number of halogens is 2. The van der Waals surface area contributed by atoms with Crippen LogP contribution < -0.4 is 5.32 Å². The number of aromatic nitrogens is 2. The van der Waals surface area contributed by atoms with Crippen molar-refractivity contribution in [2.24, 2.45) is 5.41 Å². The van der Waals surface area contributed by atoms with Gasteiger partial charge in [-0.15, -0.1) is 0 Å². The monoisotopic (exact) mass is 400 g/mol. The highest BCUT2D eigenvalue weighted by atomic mass is 19.3. The number of carbonyl (C=O) groups excluding carboxylic acids is 1. The minimum atomic E-state index is -3.01. The van der Waals surface area contributed by atoms with E-state index < -0.39 is 30.0 Å². The Labute approximate surface area is 167 Å². The first-order chi connectivity index (χ1) is 13.9. The second-order valence-corrected chi connectivity index (χ2v) is 7.51. The third-order valence-corrected chi connectivity index (χ3v) is 5.73. The molecule has 1 spiro atoms. The zero-order valence-electron chi connectivity index (χ0n) is 15.9. The number of piperidine rings is 1. The molecule has 2 fully saturated rings. The quantitative estimate of drug-likeness (QED) is 0.823. The summed E-state index contributed by atoms with van der Waals surface area (Å²) in [5.41, 5.74) is 0.580. The van der Waals surface area contributed by atoms with Gasteiger partial charge in [0.15, 0.2) is 0 Å². The van der Waals surface area contributed by atoms with Crippen molar-refractivity contribution in [1.29, 1.82) is 0 Å². The van der Waals surface area contributed by atoms with Gasteiger partial charge in [0.2, 0.25) is 5.95 Å². The molecular weight excluding hydrogens is 378 g/mol. The molecule has 1 aromatic carbocycles. The SMILES string of the molecule is C=Cc1ccc(COC(=O)N2CCC3(CC3Nc3ncccn3)C(F)(F)C2)cc1. The fourth-order valence-electron chi connectivity index (χ4n) is 3.84. The average Bonchev–Trinajstić information content (AvgIpc) is 3.43. The Kier molecular flexibility index (Phi) is 4.94. The second kappa shape index (κ2) is 7.42. The molecule has 8 heteroatoms. The molecular formula is C21H22F2N4O2. The van der Waals surface area contributed by atoms with E-state index in [0.717, 1.165) is 16.0 Å². The van der Waals surface area contributed by atoms with Gasteiger partial charge in [0.25, 0.3) is 5.92 Å². The van der Waals surface area contributed by atoms with E-state index in [1.54, 1.807) is 24.5 Å². The van der Waals surface area contributed by atoms with Gasteiger partial charge in [-0.25, -0.2) is 23.5 Å². The van der Waals surface area contributed by atoms with Crippen LogP contribution in [0, 0.1) is 5.41 Å². The number of hydrogen-bond donors (Lipinski definition) is 1. The van der Waals surface area contributed by atoms with Crippen molar-refractivity contribution in [2.75, 3.05) is 18.4 Å². The summed E-state index contributed by atoms with van der Waals surface area (Å²) in [6.45, 7) is 3.31. The van der Waals surface area contributed by atoms with Crippen LogP contribution >= 0.6 is 0 Å². The van der Waals surface area contributed by atoms with Crippen LogP contribution in [0.3, 0.4) is 0 Å². The smallest absolute Gasteiger partial charge is 0.410 e. The Balaban J connectivity index is 1.33. The number of carbonyl (C=O) groups is 1. The highest BCUT2D eigenvalue weighted by Crippen LogP contribution is 2.62. The minimum Gasteiger partial charge on any atom is -0.445 e. The van der Waals surface area contributed by atoms with Crippen molar-refractivity contribution in [3.05, 3.63) is 60.4 Å². The minimum absolute atomic E-state index is 0.0407. The maximum absolute atomic E-state index is 14.9. The molecule has 1 aliphatic carbocycles. The normalized spacial score (nSPS) is 24.8. The zero-order valence-corrected chi connectivity index (χ0v) is 15.9. The van der Waals surface area contributed by atoms with Crippen molar-refractivity contribution in [3.8, 4) is 0 Å². The molecule has 152 valence electrons.